The van der Waals surface area contributed by atoms with Gasteiger partial charge in [-0.25, -0.2) is 18.7 Å². The van der Waals surface area contributed by atoms with Gasteiger partial charge in [0.15, 0.2) is 5.82 Å². The summed E-state index contributed by atoms with van der Waals surface area (Å²) >= 11 is 0. The third kappa shape index (κ3) is 5.78. The summed E-state index contributed by atoms with van der Waals surface area (Å²) in [6.07, 6.45) is 15.6. The Hall–Kier alpha value is -4.33. The summed E-state index contributed by atoms with van der Waals surface area (Å²) in [4.78, 5) is 24.7. The van der Waals surface area contributed by atoms with Crippen LogP contribution in [0.4, 0.5) is 20.4 Å². The standard InChI is InChI=1S/C33H35F2N5O/c1-6-31(41)39-15-14-26-21(4)10-12-25(13-11-23(26)19-39)37-33-36-18-29(35)32(38-33)24-16-28(34)27-9-7-8-22(5)40(20(2)3)30(27)17-24/h6-9,11-13,16-18,20-21H,1,10,14-15,19H2,2-5H3,(H,36,37,38)/b13-11-,25-12-. The number of hydrogen-bond acceptors (Lipinski definition) is 5. The number of fused-ring (bicyclic) bond motifs is 1. The molecule has 1 N–H and O–H groups in total. The van der Waals surface area contributed by atoms with E-state index in [1.165, 1.54) is 17.7 Å². The maximum absolute atomic E-state index is 15.4. The molecule has 0 saturated heterocycles. The van der Waals surface area contributed by atoms with E-state index in [0.717, 1.165) is 36.0 Å². The Morgan fingerprint density at radius 3 is 2.76 bits per heavy atom. The zero-order valence-corrected chi connectivity index (χ0v) is 23.9. The first-order valence-corrected chi connectivity index (χ1v) is 14.0. The maximum Gasteiger partial charge on any atom is 0.246 e. The van der Waals surface area contributed by atoms with Crippen LogP contribution in [-0.4, -0.2) is 39.9 Å². The Bertz CT molecular complexity index is 1550. The molecule has 1 atom stereocenters. The van der Waals surface area contributed by atoms with Gasteiger partial charge in [-0.1, -0.05) is 37.3 Å². The topological polar surface area (TPSA) is 61.4 Å². The molecule has 0 spiro atoms. The number of anilines is 2. The van der Waals surface area contributed by atoms with Crippen LogP contribution in [0.5, 0.6) is 0 Å². The van der Waals surface area contributed by atoms with E-state index in [0.29, 0.717) is 35.8 Å². The zero-order valence-electron chi connectivity index (χ0n) is 23.9. The summed E-state index contributed by atoms with van der Waals surface area (Å²) in [5.41, 5.74) is 5.64. The minimum absolute atomic E-state index is 0.0161. The highest BCUT2D eigenvalue weighted by atomic mass is 19.1. The molecule has 2 aliphatic heterocycles. The quantitative estimate of drug-likeness (QED) is 0.396. The van der Waals surface area contributed by atoms with Gasteiger partial charge in [-0.2, -0.15) is 0 Å². The number of amides is 1. The fourth-order valence-electron chi connectivity index (χ4n) is 5.74. The van der Waals surface area contributed by atoms with Crippen molar-refractivity contribution in [3.63, 3.8) is 0 Å². The molecule has 0 radical (unpaired) electrons. The number of aromatic nitrogens is 2. The molecular formula is C33H35F2N5O. The van der Waals surface area contributed by atoms with Crippen molar-refractivity contribution in [3.05, 3.63) is 101 Å². The number of rotatable bonds is 5. The number of carbonyl (C=O) groups is 1. The summed E-state index contributed by atoms with van der Waals surface area (Å²) in [5.74, 6) is -0.652. The van der Waals surface area contributed by atoms with Gasteiger partial charge in [-0.15, -0.1) is 0 Å². The van der Waals surface area contributed by atoms with E-state index in [4.69, 9.17) is 0 Å². The van der Waals surface area contributed by atoms with E-state index in [2.05, 4.69) is 34.9 Å². The molecule has 3 aliphatic rings. The van der Waals surface area contributed by atoms with Crippen molar-refractivity contribution in [3.8, 4) is 11.3 Å². The Morgan fingerprint density at radius 1 is 1.20 bits per heavy atom. The molecular weight excluding hydrogens is 520 g/mol. The minimum atomic E-state index is -0.637. The largest absolute Gasteiger partial charge is 0.342 e. The summed E-state index contributed by atoms with van der Waals surface area (Å²) in [5, 5.41) is 3.21. The highest BCUT2D eigenvalue weighted by molar-refractivity contribution is 5.87. The minimum Gasteiger partial charge on any atom is -0.342 e. The molecule has 8 heteroatoms. The second kappa shape index (κ2) is 11.6. The smallest absolute Gasteiger partial charge is 0.246 e. The van der Waals surface area contributed by atoms with Gasteiger partial charge in [0, 0.05) is 41.7 Å². The van der Waals surface area contributed by atoms with Crippen molar-refractivity contribution in [1.29, 1.82) is 0 Å². The molecule has 3 heterocycles. The van der Waals surface area contributed by atoms with Crippen molar-refractivity contribution in [2.45, 2.75) is 46.6 Å². The maximum atomic E-state index is 15.4. The normalized spacial score (nSPS) is 20.7. The van der Waals surface area contributed by atoms with Crippen LogP contribution in [0.1, 0.15) is 46.1 Å². The first kappa shape index (κ1) is 28.2. The molecule has 0 bridgehead atoms. The first-order chi connectivity index (χ1) is 19.7. The van der Waals surface area contributed by atoms with E-state index in [1.54, 1.807) is 17.0 Å². The van der Waals surface area contributed by atoms with Crippen LogP contribution < -0.4 is 10.2 Å². The van der Waals surface area contributed by atoms with Crippen LogP contribution in [0, 0.1) is 17.6 Å². The summed E-state index contributed by atoms with van der Waals surface area (Å²) in [7, 11) is 0. The number of allylic oxidation sites excluding steroid dienone is 5. The predicted octanol–water partition coefficient (Wildman–Crippen LogP) is 7.17. The summed E-state index contributed by atoms with van der Waals surface area (Å²) in [6, 6.07) is 3.17. The van der Waals surface area contributed by atoms with Gasteiger partial charge >= 0.3 is 0 Å². The van der Waals surface area contributed by atoms with Crippen LogP contribution in [-0.2, 0) is 4.79 Å². The van der Waals surface area contributed by atoms with Crippen LogP contribution in [0.2, 0.25) is 0 Å². The molecule has 5 rings (SSSR count). The molecule has 0 fully saturated rings. The van der Waals surface area contributed by atoms with E-state index in [9.17, 15) is 4.79 Å². The Morgan fingerprint density at radius 2 is 2.00 bits per heavy atom. The fourth-order valence-corrected chi connectivity index (χ4v) is 5.74. The van der Waals surface area contributed by atoms with Gasteiger partial charge < -0.3 is 15.1 Å². The lowest BCUT2D eigenvalue weighted by molar-refractivity contribution is -0.125. The summed E-state index contributed by atoms with van der Waals surface area (Å²) in [6.45, 7) is 13.0. The SMILES string of the molecule is C=CC(=O)N1CCC2=C(/C=C\C(Nc3ncc(F)c(-c4cc(F)c5c(c4)N(C(C)C)C(C)=CC=C5)n3)=C\CC2C)C1. The highest BCUT2D eigenvalue weighted by Gasteiger charge is 2.25. The molecule has 41 heavy (non-hydrogen) atoms. The lowest BCUT2D eigenvalue weighted by Gasteiger charge is -2.32. The predicted molar refractivity (Wildman–Crippen MR) is 161 cm³/mol. The number of nitrogens with one attached hydrogen (secondary N) is 1. The Kier molecular flexibility index (Phi) is 8.01. The average Bonchev–Trinajstić information content (AvgIpc) is 3.12. The van der Waals surface area contributed by atoms with Crippen LogP contribution in [0.25, 0.3) is 17.3 Å². The first-order valence-electron chi connectivity index (χ1n) is 14.0. The number of carbonyl (C=O) groups excluding carboxylic acids is 1. The number of nitrogens with zero attached hydrogens (tertiary/aromatic N) is 4. The molecule has 1 unspecified atom stereocenters. The molecule has 212 valence electrons. The van der Waals surface area contributed by atoms with Crippen molar-refractivity contribution in [2.24, 2.45) is 5.92 Å². The van der Waals surface area contributed by atoms with Gasteiger partial charge in [0.1, 0.15) is 11.5 Å². The van der Waals surface area contributed by atoms with Gasteiger partial charge in [0.2, 0.25) is 11.9 Å². The second-order valence-corrected chi connectivity index (χ2v) is 10.9. The van der Waals surface area contributed by atoms with Gasteiger partial charge in [-0.3, -0.25) is 4.79 Å². The van der Waals surface area contributed by atoms with Crippen LogP contribution >= 0.6 is 0 Å². The number of hydrogen-bond donors (Lipinski definition) is 1. The zero-order chi connectivity index (χ0) is 29.3. The van der Waals surface area contributed by atoms with Crippen molar-refractivity contribution in [2.75, 3.05) is 23.3 Å². The van der Waals surface area contributed by atoms with E-state index in [1.807, 2.05) is 50.0 Å². The van der Waals surface area contributed by atoms with Crippen molar-refractivity contribution < 1.29 is 13.6 Å². The fraction of sp³-hybridized carbons (Fsp3) is 0.303. The lowest BCUT2D eigenvalue weighted by Crippen LogP contribution is -2.36. The molecule has 2 aromatic rings. The third-order valence-electron chi connectivity index (χ3n) is 7.80. The highest BCUT2D eigenvalue weighted by Crippen LogP contribution is 2.36. The van der Waals surface area contributed by atoms with Gasteiger partial charge in [-0.05, 0) is 81.5 Å². The van der Waals surface area contributed by atoms with E-state index in [-0.39, 0.29) is 23.6 Å². The number of halogens is 2. The van der Waals surface area contributed by atoms with Crippen LogP contribution in [0.15, 0.2) is 83.9 Å². The summed E-state index contributed by atoms with van der Waals surface area (Å²) < 4.78 is 30.5. The molecule has 6 nitrogen and oxygen atoms in total. The average molecular weight is 556 g/mol. The molecule has 1 aliphatic carbocycles. The molecule has 0 saturated carbocycles. The van der Waals surface area contributed by atoms with E-state index < -0.39 is 11.6 Å². The molecule has 1 amide bonds. The molecule has 1 aromatic carbocycles. The Balaban J connectivity index is 1.45. The van der Waals surface area contributed by atoms with Crippen molar-refractivity contribution >= 4 is 23.6 Å². The van der Waals surface area contributed by atoms with E-state index >= 15 is 8.78 Å². The van der Waals surface area contributed by atoms with Gasteiger partial charge in [0.25, 0.3) is 0 Å². The second-order valence-electron chi connectivity index (χ2n) is 10.9. The Labute approximate surface area is 240 Å². The van der Waals surface area contributed by atoms with Crippen molar-refractivity contribution in [1.82, 2.24) is 14.9 Å². The molecule has 1 aromatic heterocycles. The van der Waals surface area contributed by atoms with Gasteiger partial charge in [0.05, 0.1) is 11.9 Å². The number of benzene rings is 1. The van der Waals surface area contributed by atoms with Crippen LogP contribution in [0.3, 0.4) is 0 Å². The lowest BCUT2D eigenvalue weighted by atomic mass is 9.86. The third-order valence-corrected chi connectivity index (χ3v) is 7.80. The monoisotopic (exact) mass is 555 g/mol.